The van der Waals surface area contributed by atoms with Crippen LogP contribution in [0.2, 0.25) is 0 Å². The van der Waals surface area contributed by atoms with E-state index in [1.54, 1.807) is 12.1 Å². The lowest BCUT2D eigenvalue weighted by Gasteiger charge is -2.14. The zero-order valence-corrected chi connectivity index (χ0v) is 9.36. The van der Waals surface area contributed by atoms with E-state index in [-0.39, 0.29) is 5.56 Å². The molecule has 1 heterocycles. The zero-order valence-electron chi connectivity index (χ0n) is 9.36. The molecule has 16 heavy (non-hydrogen) atoms. The molecule has 2 N–H and O–H groups in total. The summed E-state index contributed by atoms with van der Waals surface area (Å²) in [5.74, 6) is -0.410. The van der Waals surface area contributed by atoms with Crippen LogP contribution in [0.15, 0.2) is 12.1 Å². The van der Waals surface area contributed by atoms with Crippen molar-refractivity contribution in [2.24, 2.45) is 0 Å². The quantitative estimate of drug-likeness (QED) is 0.821. The summed E-state index contributed by atoms with van der Waals surface area (Å²) in [7, 11) is 0. The number of aromatic nitrogens is 1. The molecule has 0 atom stereocenters. The summed E-state index contributed by atoms with van der Waals surface area (Å²) >= 11 is 0. The van der Waals surface area contributed by atoms with E-state index in [2.05, 4.69) is 10.3 Å². The van der Waals surface area contributed by atoms with Gasteiger partial charge in [0.2, 0.25) is 0 Å². The Bertz CT molecular complexity index is 398. The van der Waals surface area contributed by atoms with Crippen molar-refractivity contribution >= 4 is 11.8 Å². The van der Waals surface area contributed by atoms with Gasteiger partial charge >= 0.3 is 5.97 Å². The number of rotatable bonds is 3. The predicted octanol–water partition coefficient (Wildman–Crippen LogP) is 2.44. The van der Waals surface area contributed by atoms with Crippen molar-refractivity contribution in [1.82, 2.24) is 4.98 Å². The largest absolute Gasteiger partial charge is 0.478 e. The number of anilines is 1. The summed E-state index contributed by atoms with van der Waals surface area (Å²) in [5, 5.41) is 12.3. The third-order valence-electron chi connectivity index (χ3n) is 2.96. The molecule has 86 valence electrons. The van der Waals surface area contributed by atoms with Crippen molar-refractivity contribution in [3.8, 4) is 0 Å². The topological polar surface area (TPSA) is 62.2 Å². The highest BCUT2D eigenvalue weighted by molar-refractivity contribution is 5.93. The molecule has 0 aromatic carbocycles. The third-order valence-corrected chi connectivity index (χ3v) is 2.96. The fourth-order valence-corrected chi connectivity index (χ4v) is 2.10. The Kier molecular flexibility index (Phi) is 3.08. The molecule has 4 nitrogen and oxygen atoms in total. The van der Waals surface area contributed by atoms with Gasteiger partial charge < -0.3 is 10.4 Å². The Balaban J connectivity index is 2.22. The Labute approximate surface area is 94.7 Å². The molecular formula is C12H16N2O2. The van der Waals surface area contributed by atoms with E-state index in [0.29, 0.717) is 11.9 Å². The molecular weight excluding hydrogens is 204 g/mol. The molecule has 0 saturated heterocycles. The molecule has 1 aromatic heterocycles. The Morgan fingerprint density at radius 2 is 2.12 bits per heavy atom. The summed E-state index contributed by atoms with van der Waals surface area (Å²) in [6.45, 7) is 1.87. The normalized spacial score (nSPS) is 16.3. The highest BCUT2D eigenvalue weighted by atomic mass is 16.4. The van der Waals surface area contributed by atoms with Crippen LogP contribution < -0.4 is 5.32 Å². The van der Waals surface area contributed by atoms with Gasteiger partial charge in [-0.1, -0.05) is 12.8 Å². The monoisotopic (exact) mass is 220 g/mol. The fraction of sp³-hybridized carbons (Fsp3) is 0.500. The van der Waals surface area contributed by atoms with Crippen molar-refractivity contribution < 1.29 is 9.90 Å². The van der Waals surface area contributed by atoms with E-state index in [9.17, 15) is 4.79 Å². The van der Waals surface area contributed by atoms with Gasteiger partial charge in [0.25, 0.3) is 0 Å². The van der Waals surface area contributed by atoms with Crippen molar-refractivity contribution in [2.45, 2.75) is 38.6 Å². The number of aromatic carboxylic acids is 1. The average molecular weight is 220 g/mol. The Hall–Kier alpha value is -1.58. The second-order valence-electron chi connectivity index (χ2n) is 4.28. The van der Waals surface area contributed by atoms with Crippen LogP contribution in [0.3, 0.4) is 0 Å². The van der Waals surface area contributed by atoms with Crippen molar-refractivity contribution in [3.05, 3.63) is 23.4 Å². The zero-order chi connectivity index (χ0) is 11.5. The number of nitrogens with zero attached hydrogens (tertiary/aromatic N) is 1. The summed E-state index contributed by atoms with van der Waals surface area (Å²) < 4.78 is 0. The molecule has 1 aromatic rings. The third kappa shape index (κ3) is 2.32. The molecule has 0 aliphatic heterocycles. The number of aryl methyl sites for hydroxylation is 1. The van der Waals surface area contributed by atoms with Gasteiger partial charge in [-0.25, -0.2) is 9.78 Å². The van der Waals surface area contributed by atoms with Gasteiger partial charge in [-0.15, -0.1) is 0 Å². The van der Waals surface area contributed by atoms with Crippen molar-refractivity contribution in [2.75, 3.05) is 5.32 Å². The van der Waals surface area contributed by atoms with Gasteiger partial charge in [0, 0.05) is 11.7 Å². The van der Waals surface area contributed by atoms with Gasteiger partial charge in [-0.3, -0.25) is 0 Å². The minimum absolute atomic E-state index is 0.262. The van der Waals surface area contributed by atoms with Gasteiger partial charge in [-0.05, 0) is 31.9 Å². The molecule has 0 bridgehead atoms. The number of nitrogens with one attached hydrogen (secondary N) is 1. The van der Waals surface area contributed by atoms with Gasteiger partial charge in [0.05, 0.1) is 0 Å². The standard InChI is InChI=1S/C12H16N2O2/c1-8-6-7-10(12(15)16)11(13-8)14-9-4-2-3-5-9/h6-7,9H,2-5H2,1H3,(H,13,14)(H,15,16). The fourth-order valence-electron chi connectivity index (χ4n) is 2.10. The molecule has 4 heteroatoms. The number of carbonyl (C=O) groups is 1. The molecule has 1 aliphatic carbocycles. The summed E-state index contributed by atoms with van der Waals surface area (Å²) in [6, 6.07) is 3.72. The first kappa shape index (κ1) is 10.9. The maximum atomic E-state index is 11.0. The van der Waals surface area contributed by atoms with Crippen LogP contribution in [0, 0.1) is 6.92 Å². The number of hydrogen-bond donors (Lipinski definition) is 2. The van der Waals surface area contributed by atoms with Crippen LogP contribution in [0.25, 0.3) is 0 Å². The Morgan fingerprint density at radius 3 is 2.75 bits per heavy atom. The molecule has 0 unspecified atom stereocenters. The summed E-state index contributed by atoms with van der Waals surface area (Å²) in [6.07, 6.45) is 4.64. The molecule has 1 saturated carbocycles. The minimum atomic E-state index is -0.923. The van der Waals surface area contributed by atoms with Crippen LogP contribution in [-0.4, -0.2) is 22.1 Å². The van der Waals surface area contributed by atoms with E-state index in [1.165, 1.54) is 12.8 Å². The Morgan fingerprint density at radius 1 is 1.44 bits per heavy atom. The number of pyridine rings is 1. The van der Waals surface area contributed by atoms with Gasteiger partial charge in [-0.2, -0.15) is 0 Å². The van der Waals surface area contributed by atoms with Crippen LogP contribution in [0.5, 0.6) is 0 Å². The summed E-state index contributed by atoms with van der Waals surface area (Å²) in [5.41, 5.74) is 1.10. The first-order valence-electron chi connectivity index (χ1n) is 5.64. The minimum Gasteiger partial charge on any atom is -0.478 e. The predicted molar refractivity (Wildman–Crippen MR) is 61.8 cm³/mol. The van der Waals surface area contributed by atoms with E-state index in [1.807, 2.05) is 6.92 Å². The van der Waals surface area contributed by atoms with Crippen LogP contribution >= 0.6 is 0 Å². The number of hydrogen-bond acceptors (Lipinski definition) is 3. The molecule has 0 radical (unpaired) electrons. The SMILES string of the molecule is Cc1ccc(C(=O)O)c(NC2CCCC2)n1. The summed E-state index contributed by atoms with van der Waals surface area (Å²) in [4.78, 5) is 15.3. The van der Waals surface area contributed by atoms with E-state index < -0.39 is 5.97 Å². The highest BCUT2D eigenvalue weighted by Gasteiger charge is 2.18. The van der Waals surface area contributed by atoms with E-state index in [4.69, 9.17) is 5.11 Å². The van der Waals surface area contributed by atoms with Crippen molar-refractivity contribution in [1.29, 1.82) is 0 Å². The number of carboxylic acids is 1. The maximum Gasteiger partial charge on any atom is 0.339 e. The molecule has 1 aliphatic rings. The second kappa shape index (κ2) is 4.51. The van der Waals surface area contributed by atoms with E-state index in [0.717, 1.165) is 18.5 Å². The van der Waals surface area contributed by atoms with Gasteiger partial charge in [0.15, 0.2) is 0 Å². The van der Waals surface area contributed by atoms with Crippen LogP contribution in [0.1, 0.15) is 41.7 Å². The first-order valence-corrected chi connectivity index (χ1v) is 5.64. The molecule has 2 rings (SSSR count). The van der Waals surface area contributed by atoms with E-state index >= 15 is 0 Å². The average Bonchev–Trinajstić information content (AvgIpc) is 2.70. The second-order valence-corrected chi connectivity index (χ2v) is 4.28. The lowest BCUT2D eigenvalue weighted by Crippen LogP contribution is -2.18. The van der Waals surface area contributed by atoms with Gasteiger partial charge in [0.1, 0.15) is 11.4 Å². The molecule has 0 amide bonds. The van der Waals surface area contributed by atoms with Crippen LogP contribution in [-0.2, 0) is 0 Å². The number of carboxylic acid groups (broad SMARTS) is 1. The van der Waals surface area contributed by atoms with Crippen molar-refractivity contribution in [3.63, 3.8) is 0 Å². The smallest absolute Gasteiger partial charge is 0.339 e. The molecule has 1 fully saturated rings. The van der Waals surface area contributed by atoms with Crippen LogP contribution in [0.4, 0.5) is 5.82 Å². The molecule has 0 spiro atoms. The maximum absolute atomic E-state index is 11.0. The lowest BCUT2D eigenvalue weighted by molar-refractivity contribution is 0.0697. The first-order chi connectivity index (χ1) is 7.66. The lowest BCUT2D eigenvalue weighted by atomic mass is 10.2. The highest BCUT2D eigenvalue weighted by Crippen LogP contribution is 2.23.